The van der Waals surface area contributed by atoms with E-state index in [4.69, 9.17) is 15.2 Å². The van der Waals surface area contributed by atoms with Crippen LogP contribution in [-0.4, -0.2) is 49.8 Å². The van der Waals surface area contributed by atoms with Gasteiger partial charge in [0.1, 0.15) is 5.75 Å². The van der Waals surface area contributed by atoms with E-state index in [9.17, 15) is 4.79 Å². The third-order valence-electron chi connectivity index (χ3n) is 3.84. The van der Waals surface area contributed by atoms with Crippen LogP contribution >= 0.6 is 12.4 Å². The van der Waals surface area contributed by atoms with Gasteiger partial charge in [0.15, 0.2) is 0 Å². The molecule has 0 aliphatic carbocycles. The first-order chi connectivity index (χ1) is 10.7. The fourth-order valence-corrected chi connectivity index (χ4v) is 2.60. The van der Waals surface area contributed by atoms with Crippen LogP contribution in [-0.2, 0) is 4.74 Å². The van der Waals surface area contributed by atoms with Crippen molar-refractivity contribution in [1.82, 2.24) is 4.90 Å². The molecule has 0 unspecified atom stereocenters. The van der Waals surface area contributed by atoms with Crippen LogP contribution < -0.4 is 10.5 Å². The zero-order valence-electron chi connectivity index (χ0n) is 13.7. The monoisotopic (exact) mass is 342 g/mol. The van der Waals surface area contributed by atoms with Crippen LogP contribution in [0.5, 0.6) is 5.75 Å². The Morgan fingerprint density at radius 3 is 2.48 bits per heavy atom. The number of halogens is 1. The van der Waals surface area contributed by atoms with Crippen molar-refractivity contribution in [3.8, 4) is 5.75 Å². The second kappa shape index (κ2) is 10.5. The number of hydrogen-bond acceptors (Lipinski definition) is 4. The Kier molecular flexibility index (Phi) is 8.99. The van der Waals surface area contributed by atoms with E-state index in [1.165, 1.54) is 0 Å². The molecule has 0 aromatic heterocycles. The maximum Gasteiger partial charge on any atom is 0.253 e. The quantitative estimate of drug-likeness (QED) is 0.773. The lowest BCUT2D eigenvalue weighted by Gasteiger charge is -2.32. The molecule has 6 heteroatoms. The minimum atomic E-state index is 0. The van der Waals surface area contributed by atoms with E-state index in [0.717, 1.165) is 38.1 Å². The smallest absolute Gasteiger partial charge is 0.253 e. The van der Waals surface area contributed by atoms with Gasteiger partial charge < -0.3 is 20.1 Å². The Morgan fingerprint density at radius 1 is 1.26 bits per heavy atom. The van der Waals surface area contributed by atoms with Gasteiger partial charge in [-0.15, -0.1) is 12.4 Å². The van der Waals surface area contributed by atoms with Crippen LogP contribution in [0, 0.1) is 0 Å². The molecule has 1 saturated heterocycles. The molecule has 0 saturated carbocycles. The summed E-state index contributed by atoms with van der Waals surface area (Å²) in [5.41, 5.74) is 6.17. The largest absolute Gasteiger partial charge is 0.494 e. The molecule has 2 rings (SSSR count). The molecule has 23 heavy (non-hydrogen) atoms. The van der Waals surface area contributed by atoms with Gasteiger partial charge in [0.05, 0.1) is 12.7 Å². The van der Waals surface area contributed by atoms with Gasteiger partial charge in [0.2, 0.25) is 0 Å². The molecule has 0 radical (unpaired) electrons. The molecule has 1 aromatic rings. The average molecular weight is 343 g/mol. The molecule has 0 atom stereocenters. The number of carbonyl (C=O) groups is 1. The Bertz CT molecular complexity index is 459. The zero-order chi connectivity index (χ0) is 15.8. The Balaban J connectivity index is 0.00000264. The highest BCUT2D eigenvalue weighted by Crippen LogP contribution is 2.18. The van der Waals surface area contributed by atoms with Crippen LogP contribution in [0.25, 0.3) is 0 Å². The fourth-order valence-electron chi connectivity index (χ4n) is 2.60. The minimum absolute atomic E-state index is 0. The van der Waals surface area contributed by atoms with E-state index in [1.54, 1.807) is 0 Å². The van der Waals surface area contributed by atoms with Crippen molar-refractivity contribution in [2.45, 2.75) is 32.3 Å². The van der Waals surface area contributed by atoms with E-state index in [0.29, 0.717) is 25.3 Å². The summed E-state index contributed by atoms with van der Waals surface area (Å²) in [5, 5.41) is 0. The van der Waals surface area contributed by atoms with Gasteiger partial charge >= 0.3 is 0 Å². The molecule has 5 nitrogen and oxygen atoms in total. The van der Waals surface area contributed by atoms with Crippen LogP contribution in [0.1, 0.15) is 36.5 Å². The number of hydrogen-bond donors (Lipinski definition) is 1. The van der Waals surface area contributed by atoms with Crippen LogP contribution in [0.15, 0.2) is 24.3 Å². The van der Waals surface area contributed by atoms with Crippen LogP contribution in [0.2, 0.25) is 0 Å². The highest BCUT2D eigenvalue weighted by atomic mass is 35.5. The lowest BCUT2D eigenvalue weighted by Crippen LogP contribution is -2.41. The van der Waals surface area contributed by atoms with E-state index in [2.05, 4.69) is 0 Å². The van der Waals surface area contributed by atoms with E-state index >= 15 is 0 Å². The molecule has 130 valence electrons. The maximum absolute atomic E-state index is 12.5. The summed E-state index contributed by atoms with van der Waals surface area (Å²) in [6.07, 6.45) is 2.95. The summed E-state index contributed by atoms with van der Waals surface area (Å²) in [6, 6.07) is 7.35. The lowest BCUT2D eigenvalue weighted by molar-refractivity contribution is 0.00845. The normalized spacial score (nSPS) is 15.1. The number of benzene rings is 1. The Hall–Kier alpha value is -1.30. The molecule has 1 heterocycles. The minimum Gasteiger partial charge on any atom is -0.494 e. The first-order valence-electron chi connectivity index (χ1n) is 8.08. The fraction of sp³-hybridized carbons (Fsp3) is 0.588. The highest BCUT2D eigenvalue weighted by Gasteiger charge is 2.23. The van der Waals surface area contributed by atoms with Gasteiger partial charge in [-0.2, -0.15) is 0 Å². The summed E-state index contributed by atoms with van der Waals surface area (Å²) in [7, 11) is 0. The second-order valence-electron chi connectivity index (χ2n) is 5.46. The van der Waals surface area contributed by atoms with E-state index in [1.807, 2.05) is 36.1 Å². The van der Waals surface area contributed by atoms with Crippen molar-refractivity contribution in [3.05, 3.63) is 29.8 Å². The van der Waals surface area contributed by atoms with Crippen LogP contribution in [0.4, 0.5) is 0 Å². The van der Waals surface area contributed by atoms with Gasteiger partial charge in [0, 0.05) is 25.3 Å². The summed E-state index contributed by atoms with van der Waals surface area (Å²) in [5.74, 6) is 0.884. The number of rotatable bonds is 7. The predicted molar refractivity (Wildman–Crippen MR) is 93.4 cm³/mol. The van der Waals surface area contributed by atoms with Crippen molar-refractivity contribution >= 4 is 18.3 Å². The molecule has 1 amide bonds. The summed E-state index contributed by atoms with van der Waals surface area (Å²) in [4.78, 5) is 14.4. The standard InChI is InChI=1S/C17H26N2O3.ClH/c1-2-21-15-6-4-14(5-7-15)17(20)19-11-8-16(9-12-19)22-13-3-10-18;/h4-7,16H,2-3,8-13,18H2,1H3;1H. The number of amides is 1. The van der Waals surface area contributed by atoms with Crippen LogP contribution in [0.3, 0.4) is 0 Å². The number of nitrogens with two attached hydrogens (primary N) is 1. The maximum atomic E-state index is 12.5. The van der Waals surface area contributed by atoms with Crippen molar-refractivity contribution < 1.29 is 14.3 Å². The van der Waals surface area contributed by atoms with Crippen molar-refractivity contribution in [3.63, 3.8) is 0 Å². The number of likely N-dealkylation sites (tertiary alicyclic amines) is 1. The third kappa shape index (κ3) is 6.01. The summed E-state index contributed by atoms with van der Waals surface area (Å²) < 4.78 is 11.2. The van der Waals surface area contributed by atoms with Gasteiger partial charge in [-0.25, -0.2) is 0 Å². The average Bonchev–Trinajstić information content (AvgIpc) is 2.56. The molecule has 1 aliphatic heterocycles. The first kappa shape index (κ1) is 19.7. The predicted octanol–water partition coefficient (Wildman–Crippen LogP) is 2.48. The van der Waals surface area contributed by atoms with Gasteiger partial charge in [-0.05, 0) is 57.0 Å². The van der Waals surface area contributed by atoms with Gasteiger partial charge in [-0.1, -0.05) is 0 Å². The summed E-state index contributed by atoms with van der Waals surface area (Å²) in [6.45, 7) is 5.45. The topological polar surface area (TPSA) is 64.8 Å². The first-order valence-corrected chi connectivity index (χ1v) is 8.08. The van der Waals surface area contributed by atoms with E-state index < -0.39 is 0 Å². The lowest BCUT2D eigenvalue weighted by atomic mass is 10.1. The zero-order valence-corrected chi connectivity index (χ0v) is 14.5. The molecular weight excluding hydrogens is 316 g/mol. The van der Waals surface area contributed by atoms with Crippen molar-refractivity contribution in [2.75, 3.05) is 32.8 Å². The van der Waals surface area contributed by atoms with E-state index in [-0.39, 0.29) is 24.4 Å². The molecule has 0 spiro atoms. The van der Waals surface area contributed by atoms with Gasteiger partial charge in [0.25, 0.3) is 5.91 Å². The second-order valence-corrected chi connectivity index (χ2v) is 5.46. The molecular formula is C17H27ClN2O3. The summed E-state index contributed by atoms with van der Waals surface area (Å²) >= 11 is 0. The highest BCUT2D eigenvalue weighted by molar-refractivity contribution is 5.94. The molecule has 2 N–H and O–H groups in total. The third-order valence-corrected chi connectivity index (χ3v) is 3.84. The number of ether oxygens (including phenoxy) is 2. The molecule has 1 fully saturated rings. The van der Waals surface area contributed by atoms with Crippen molar-refractivity contribution in [2.24, 2.45) is 5.73 Å². The molecule has 0 bridgehead atoms. The number of carbonyl (C=O) groups excluding carboxylic acids is 1. The Labute approximate surface area is 144 Å². The molecule has 1 aliphatic rings. The van der Waals surface area contributed by atoms with Gasteiger partial charge in [-0.3, -0.25) is 4.79 Å². The number of piperidine rings is 1. The SMILES string of the molecule is CCOc1ccc(C(=O)N2CCC(OCCCN)CC2)cc1.Cl. The number of nitrogens with zero attached hydrogens (tertiary/aromatic N) is 1. The van der Waals surface area contributed by atoms with Crippen molar-refractivity contribution in [1.29, 1.82) is 0 Å². The molecule has 1 aromatic carbocycles. The Morgan fingerprint density at radius 2 is 1.91 bits per heavy atom.